The van der Waals surface area contributed by atoms with Crippen LogP contribution in [0.2, 0.25) is 0 Å². The summed E-state index contributed by atoms with van der Waals surface area (Å²) in [5.74, 6) is -2.07. The smallest absolute Gasteiger partial charge is 0.338 e. The average molecular weight is 500 g/mol. The Kier molecular flexibility index (Phi) is 7.16. The number of aryl methyl sites for hydroxylation is 3. The van der Waals surface area contributed by atoms with Crippen molar-refractivity contribution in [1.29, 1.82) is 0 Å². The number of carbonyl (C=O) groups excluding carboxylic acids is 3. The number of rotatable bonds is 6. The number of Topliss-reactive ketones (excluding diaryl/α,β-unsaturated/α-hetero) is 1. The van der Waals surface area contributed by atoms with E-state index in [0.717, 1.165) is 16.7 Å². The van der Waals surface area contributed by atoms with Gasteiger partial charge in [0, 0.05) is 5.69 Å². The fraction of sp³-hybridized carbons (Fsp3) is 0.233. The van der Waals surface area contributed by atoms with E-state index in [2.05, 4.69) is 0 Å². The number of carbonyl (C=O) groups is 3. The predicted octanol–water partition coefficient (Wildman–Crippen LogP) is 5.42. The van der Waals surface area contributed by atoms with Gasteiger partial charge in [0.25, 0.3) is 11.7 Å². The number of methoxy groups -OCH3 is 1. The topological polar surface area (TPSA) is 93.1 Å². The van der Waals surface area contributed by atoms with Crippen LogP contribution in [-0.4, -0.2) is 36.5 Å². The van der Waals surface area contributed by atoms with E-state index in [-0.39, 0.29) is 23.5 Å². The van der Waals surface area contributed by atoms with Crippen molar-refractivity contribution in [2.45, 2.75) is 33.7 Å². The quantitative estimate of drug-likeness (QED) is 0.211. The molecule has 3 aromatic rings. The maximum atomic E-state index is 13.5. The first-order chi connectivity index (χ1) is 17.7. The van der Waals surface area contributed by atoms with Crippen molar-refractivity contribution in [3.05, 3.63) is 99.6 Å². The van der Waals surface area contributed by atoms with Gasteiger partial charge in [0.1, 0.15) is 11.5 Å². The molecule has 1 amide bonds. The van der Waals surface area contributed by atoms with Crippen LogP contribution in [0.5, 0.6) is 5.75 Å². The summed E-state index contributed by atoms with van der Waals surface area (Å²) in [6.45, 7) is 7.51. The first-order valence-electron chi connectivity index (χ1n) is 12.0. The van der Waals surface area contributed by atoms with Crippen molar-refractivity contribution < 1.29 is 29.0 Å². The van der Waals surface area contributed by atoms with Crippen LogP contribution in [0.1, 0.15) is 51.1 Å². The van der Waals surface area contributed by atoms with Crippen LogP contribution in [0, 0.1) is 20.8 Å². The maximum absolute atomic E-state index is 13.5. The van der Waals surface area contributed by atoms with E-state index >= 15 is 0 Å². The van der Waals surface area contributed by atoms with Gasteiger partial charge in [-0.15, -0.1) is 0 Å². The zero-order valence-corrected chi connectivity index (χ0v) is 21.5. The van der Waals surface area contributed by atoms with E-state index in [4.69, 9.17) is 9.47 Å². The van der Waals surface area contributed by atoms with Gasteiger partial charge in [-0.1, -0.05) is 36.4 Å². The number of aliphatic hydroxyl groups excluding tert-OH is 1. The van der Waals surface area contributed by atoms with Crippen molar-refractivity contribution in [3.8, 4) is 5.75 Å². The largest absolute Gasteiger partial charge is 0.507 e. The van der Waals surface area contributed by atoms with Gasteiger partial charge in [-0.3, -0.25) is 14.5 Å². The van der Waals surface area contributed by atoms with Crippen molar-refractivity contribution in [1.82, 2.24) is 0 Å². The molecule has 190 valence electrons. The molecule has 0 bridgehead atoms. The van der Waals surface area contributed by atoms with Gasteiger partial charge in [0.2, 0.25) is 0 Å². The van der Waals surface area contributed by atoms with Crippen LogP contribution in [0.25, 0.3) is 5.76 Å². The molecule has 37 heavy (non-hydrogen) atoms. The predicted molar refractivity (Wildman–Crippen MR) is 141 cm³/mol. The molecule has 4 rings (SSSR count). The molecular formula is C30H29NO6. The lowest BCUT2D eigenvalue weighted by Gasteiger charge is -2.27. The number of ether oxygens (including phenoxy) is 2. The standard InChI is InChI=1S/C30H29NO6/c1-6-37-30(35)20-11-9-12-21(16-20)31-25(22-13-8-7-10-18(22)3)24(27(33)29(31)34)26(32)23-15-17(2)14-19(4)28(23)36-5/h7-16,25,32H,6H2,1-5H3/b26-24+. The Balaban J connectivity index is 1.99. The van der Waals surface area contributed by atoms with E-state index in [9.17, 15) is 19.5 Å². The second-order valence-corrected chi connectivity index (χ2v) is 8.96. The van der Waals surface area contributed by atoms with Crippen molar-refractivity contribution in [2.24, 2.45) is 0 Å². The summed E-state index contributed by atoms with van der Waals surface area (Å²) < 4.78 is 10.7. The first-order valence-corrected chi connectivity index (χ1v) is 12.0. The third-order valence-electron chi connectivity index (χ3n) is 6.44. The molecule has 0 radical (unpaired) electrons. The number of amides is 1. The second kappa shape index (κ2) is 10.3. The van der Waals surface area contributed by atoms with E-state index in [1.807, 2.05) is 51.1 Å². The number of hydrogen-bond donors (Lipinski definition) is 1. The van der Waals surface area contributed by atoms with E-state index in [0.29, 0.717) is 22.6 Å². The highest BCUT2D eigenvalue weighted by Gasteiger charge is 2.47. The third-order valence-corrected chi connectivity index (χ3v) is 6.44. The first kappa shape index (κ1) is 25.7. The summed E-state index contributed by atoms with van der Waals surface area (Å²) in [7, 11) is 1.49. The monoisotopic (exact) mass is 499 g/mol. The molecular weight excluding hydrogens is 470 g/mol. The highest BCUT2D eigenvalue weighted by atomic mass is 16.5. The molecule has 0 aliphatic carbocycles. The summed E-state index contributed by atoms with van der Waals surface area (Å²) in [6, 6.07) is 16.5. The van der Waals surface area contributed by atoms with Gasteiger partial charge in [0.15, 0.2) is 0 Å². The lowest BCUT2D eigenvalue weighted by Crippen LogP contribution is -2.30. The highest BCUT2D eigenvalue weighted by Crippen LogP contribution is 2.44. The number of hydrogen-bond acceptors (Lipinski definition) is 6. The normalized spacial score (nSPS) is 16.7. The number of anilines is 1. The molecule has 1 atom stereocenters. The lowest BCUT2D eigenvalue weighted by molar-refractivity contribution is -0.132. The van der Waals surface area contributed by atoms with Crippen molar-refractivity contribution >= 4 is 29.1 Å². The van der Waals surface area contributed by atoms with E-state index in [1.54, 1.807) is 31.2 Å². The Bertz CT molecular complexity index is 1440. The Morgan fingerprint density at radius 3 is 2.38 bits per heavy atom. The van der Waals surface area contributed by atoms with Gasteiger partial charge in [-0.2, -0.15) is 0 Å². The molecule has 0 aromatic heterocycles. The fourth-order valence-corrected chi connectivity index (χ4v) is 4.83. The minimum absolute atomic E-state index is 0.0517. The number of nitrogens with zero attached hydrogens (tertiary/aromatic N) is 1. The van der Waals surface area contributed by atoms with Crippen molar-refractivity contribution in [2.75, 3.05) is 18.6 Å². The molecule has 1 fully saturated rings. The summed E-state index contributed by atoms with van der Waals surface area (Å²) in [5.41, 5.74) is 4.03. The molecule has 1 heterocycles. The molecule has 0 saturated carbocycles. The SMILES string of the molecule is CCOC(=O)c1cccc(N2C(=O)C(=O)/C(=C(/O)c3cc(C)cc(C)c3OC)C2c2ccccc2C)c1. The van der Waals surface area contributed by atoms with E-state index in [1.165, 1.54) is 18.1 Å². The van der Waals surface area contributed by atoms with Gasteiger partial charge in [-0.25, -0.2) is 4.79 Å². The number of ketones is 1. The van der Waals surface area contributed by atoms with Gasteiger partial charge >= 0.3 is 5.97 Å². The Morgan fingerprint density at radius 1 is 0.973 bits per heavy atom. The summed E-state index contributed by atoms with van der Waals surface area (Å²) in [5, 5.41) is 11.6. The molecule has 1 unspecified atom stereocenters. The van der Waals surface area contributed by atoms with Crippen LogP contribution in [0.15, 0.2) is 66.2 Å². The van der Waals surface area contributed by atoms with Gasteiger partial charge in [0.05, 0.1) is 36.5 Å². The molecule has 7 nitrogen and oxygen atoms in total. The summed E-state index contributed by atoms with van der Waals surface area (Å²) >= 11 is 0. The Morgan fingerprint density at radius 2 is 1.70 bits per heavy atom. The Labute approximate surface area is 215 Å². The van der Waals surface area contributed by atoms with Crippen LogP contribution >= 0.6 is 0 Å². The van der Waals surface area contributed by atoms with Gasteiger partial charge < -0.3 is 14.6 Å². The molecule has 0 spiro atoms. The number of aliphatic hydroxyl groups is 1. The molecule has 1 N–H and O–H groups in total. The second-order valence-electron chi connectivity index (χ2n) is 8.96. The number of esters is 1. The number of benzene rings is 3. The van der Waals surface area contributed by atoms with Gasteiger partial charge in [-0.05, 0) is 74.2 Å². The summed E-state index contributed by atoms with van der Waals surface area (Å²) in [6.07, 6.45) is 0. The lowest BCUT2D eigenvalue weighted by atomic mass is 9.91. The fourth-order valence-electron chi connectivity index (χ4n) is 4.83. The Hall–Kier alpha value is -4.39. The molecule has 3 aromatic carbocycles. The zero-order valence-electron chi connectivity index (χ0n) is 21.5. The molecule has 7 heteroatoms. The molecule has 1 saturated heterocycles. The summed E-state index contributed by atoms with van der Waals surface area (Å²) in [4.78, 5) is 40.8. The minimum atomic E-state index is -0.927. The maximum Gasteiger partial charge on any atom is 0.338 e. The third kappa shape index (κ3) is 4.60. The molecule has 1 aliphatic heterocycles. The molecule has 1 aliphatic rings. The van der Waals surface area contributed by atoms with Crippen LogP contribution in [0.4, 0.5) is 5.69 Å². The van der Waals surface area contributed by atoms with Crippen LogP contribution < -0.4 is 9.64 Å². The van der Waals surface area contributed by atoms with E-state index < -0.39 is 23.7 Å². The minimum Gasteiger partial charge on any atom is -0.507 e. The van der Waals surface area contributed by atoms with Crippen molar-refractivity contribution in [3.63, 3.8) is 0 Å². The van der Waals surface area contributed by atoms with Crippen LogP contribution in [0.3, 0.4) is 0 Å². The van der Waals surface area contributed by atoms with Crippen LogP contribution in [-0.2, 0) is 14.3 Å². The highest BCUT2D eigenvalue weighted by molar-refractivity contribution is 6.51. The zero-order chi connectivity index (χ0) is 26.9. The average Bonchev–Trinajstić information content (AvgIpc) is 3.13.